The molecule has 0 saturated carbocycles. The van der Waals surface area contributed by atoms with Crippen molar-refractivity contribution in [1.29, 1.82) is 0 Å². The van der Waals surface area contributed by atoms with E-state index in [-0.39, 0.29) is 0 Å². The molecule has 2 aromatic heterocycles. The molecule has 0 fully saturated rings. The number of hydrogen-bond acceptors (Lipinski definition) is 5. The van der Waals surface area contributed by atoms with Crippen LogP contribution in [-0.2, 0) is 0 Å². The van der Waals surface area contributed by atoms with E-state index in [0.717, 1.165) is 22.3 Å². The van der Waals surface area contributed by atoms with Crippen LogP contribution in [0.2, 0.25) is 5.02 Å². The van der Waals surface area contributed by atoms with Gasteiger partial charge in [0.05, 0.1) is 5.36 Å². The number of benzene rings is 2. The number of hydrogen-bond donors (Lipinski definition) is 1. The second-order valence-corrected chi connectivity index (χ2v) is 6.64. The lowest BCUT2D eigenvalue weighted by atomic mass is 10.1. The van der Waals surface area contributed by atoms with Gasteiger partial charge in [0.15, 0.2) is 0 Å². The minimum atomic E-state index is 0.449. The molecule has 27 heavy (non-hydrogen) atoms. The largest absolute Gasteiger partial charge is 0.456 e. The number of anilines is 1. The first-order valence-electron chi connectivity index (χ1n) is 8.49. The van der Waals surface area contributed by atoms with Crippen LogP contribution in [0.1, 0.15) is 11.4 Å². The van der Waals surface area contributed by atoms with Crippen LogP contribution in [0.5, 0.6) is 0 Å². The summed E-state index contributed by atoms with van der Waals surface area (Å²) in [5.41, 5.74) is 6.37. The Kier molecular flexibility index (Phi) is 4.60. The van der Waals surface area contributed by atoms with Gasteiger partial charge in [-0.1, -0.05) is 41.9 Å². The molecule has 0 bridgehead atoms. The van der Waals surface area contributed by atoms with Gasteiger partial charge in [-0.3, -0.25) is 0 Å². The Morgan fingerprint density at radius 2 is 1.67 bits per heavy atom. The number of fused-ring (bicyclic) bond motifs is 1. The van der Waals surface area contributed by atoms with Crippen molar-refractivity contribution in [3.8, 4) is 11.3 Å². The molecule has 0 aliphatic rings. The summed E-state index contributed by atoms with van der Waals surface area (Å²) in [5.74, 6) is 1.16. The van der Waals surface area contributed by atoms with Crippen LogP contribution >= 0.6 is 11.6 Å². The van der Waals surface area contributed by atoms with E-state index in [1.165, 1.54) is 0 Å². The Morgan fingerprint density at radius 1 is 0.926 bits per heavy atom. The van der Waals surface area contributed by atoms with Crippen molar-refractivity contribution in [3.05, 3.63) is 82.4 Å². The van der Waals surface area contributed by atoms with Gasteiger partial charge in [0.2, 0.25) is 5.95 Å². The number of nitrogens with one attached hydrogen (secondary N) is 1. The van der Waals surface area contributed by atoms with Gasteiger partial charge in [0.1, 0.15) is 11.3 Å². The number of halogens is 1. The molecule has 0 unspecified atom stereocenters. The lowest BCUT2D eigenvalue weighted by molar-refractivity contribution is 0.618. The first-order chi connectivity index (χ1) is 13.1. The fourth-order valence-electron chi connectivity index (χ4n) is 2.86. The van der Waals surface area contributed by atoms with E-state index >= 15 is 0 Å². The third-order valence-corrected chi connectivity index (χ3v) is 4.26. The minimum Gasteiger partial charge on any atom is -0.456 e. The van der Waals surface area contributed by atoms with Crippen LogP contribution in [0.25, 0.3) is 22.3 Å². The van der Waals surface area contributed by atoms with Gasteiger partial charge in [-0.25, -0.2) is 15.4 Å². The standard InChI is InChI=1S/C21H17ClN4O/c1-13-10-14(2)24-21(23-13)26-25-18-12-20(15-6-4-3-5-7-15)27-19-9-8-16(22)11-17(18)19/h3-12H,1-2H3,(H,23,24,26)/b25-18-. The van der Waals surface area contributed by atoms with Crippen molar-refractivity contribution < 1.29 is 4.42 Å². The molecule has 134 valence electrons. The SMILES string of the molecule is Cc1cc(C)nc(N/N=c2/cc(-c3ccccc3)oc3ccc(Cl)cc23)n1. The highest BCUT2D eigenvalue weighted by Gasteiger charge is 2.07. The van der Waals surface area contributed by atoms with E-state index in [1.54, 1.807) is 6.07 Å². The van der Waals surface area contributed by atoms with Crippen LogP contribution in [0.15, 0.2) is 70.2 Å². The van der Waals surface area contributed by atoms with Gasteiger partial charge in [-0.2, -0.15) is 5.10 Å². The predicted octanol–water partition coefficient (Wildman–Crippen LogP) is 5.09. The van der Waals surface area contributed by atoms with Gasteiger partial charge in [-0.15, -0.1) is 0 Å². The number of aromatic nitrogens is 2. The van der Waals surface area contributed by atoms with E-state index in [1.807, 2.05) is 68.4 Å². The zero-order chi connectivity index (χ0) is 18.8. The molecule has 5 nitrogen and oxygen atoms in total. The molecule has 0 spiro atoms. The van der Waals surface area contributed by atoms with Gasteiger partial charge in [-0.05, 0) is 38.1 Å². The van der Waals surface area contributed by atoms with E-state index in [9.17, 15) is 0 Å². The zero-order valence-corrected chi connectivity index (χ0v) is 15.7. The average molecular weight is 377 g/mol. The molecule has 0 atom stereocenters. The molecule has 0 saturated heterocycles. The van der Waals surface area contributed by atoms with Crippen LogP contribution in [0.3, 0.4) is 0 Å². The molecular formula is C21H17ClN4O. The number of nitrogens with zero attached hydrogens (tertiary/aromatic N) is 3. The molecular weight excluding hydrogens is 360 g/mol. The quantitative estimate of drug-likeness (QED) is 0.506. The van der Waals surface area contributed by atoms with Crippen molar-refractivity contribution in [2.45, 2.75) is 13.8 Å². The van der Waals surface area contributed by atoms with E-state index in [2.05, 4.69) is 20.5 Å². The van der Waals surface area contributed by atoms with Crippen molar-refractivity contribution >= 4 is 28.5 Å². The van der Waals surface area contributed by atoms with Crippen molar-refractivity contribution in [2.75, 3.05) is 5.43 Å². The molecule has 0 radical (unpaired) electrons. The maximum atomic E-state index is 6.18. The van der Waals surface area contributed by atoms with E-state index in [4.69, 9.17) is 16.0 Å². The normalized spacial score (nSPS) is 11.7. The molecule has 4 aromatic rings. The van der Waals surface area contributed by atoms with Crippen LogP contribution < -0.4 is 10.8 Å². The summed E-state index contributed by atoms with van der Waals surface area (Å²) in [4.78, 5) is 8.72. The van der Waals surface area contributed by atoms with Crippen molar-refractivity contribution in [3.63, 3.8) is 0 Å². The van der Waals surface area contributed by atoms with Crippen LogP contribution in [0.4, 0.5) is 5.95 Å². The van der Waals surface area contributed by atoms with Crippen molar-refractivity contribution in [1.82, 2.24) is 9.97 Å². The van der Waals surface area contributed by atoms with E-state index < -0.39 is 0 Å². The van der Waals surface area contributed by atoms with E-state index in [0.29, 0.717) is 27.7 Å². The first kappa shape index (κ1) is 17.2. The van der Waals surface area contributed by atoms with Gasteiger partial charge in [0, 0.05) is 33.4 Å². The summed E-state index contributed by atoms with van der Waals surface area (Å²) >= 11 is 6.18. The molecule has 6 heteroatoms. The number of aryl methyl sites for hydroxylation is 2. The molecule has 4 rings (SSSR count). The highest BCUT2D eigenvalue weighted by Crippen LogP contribution is 2.23. The predicted molar refractivity (Wildman–Crippen MR) is 107 cm³/mol. The van der Waals surface area contributed by atoms with Crippen LogP contribution in [0, 0.1) is 13.8 Å². The first-order valence-corrected chi connectivity index (χ1v) is 8.87. The highest BCUT2D eigenvalue weighted by molar-refractivity contribution is 6.31. The third-order valence-electron chi connectivity index (χ3n) is 4.02. The molecule has 0 aliphatic carbocycles. The zero-order valence-electron chi connectivity index (χ0n) is 14.9. The number of rotatable bonds is 3. The Balaban J connectivity index is 1.87. The van der Waals surface area contributed by atoms with Gasteiger partial charge >= 0.3 is 0 Å². The van der Waals surface area contributed by atoms with Crippen LogP contribution in [-0.4, -0.2) is 9.97 Å². The lowest BCUT2D eigenvalue weighted by Gasteiger charge is -2.06. The molecule has 0 amide bonds. The van der Waals surface area contributed by atoms with Crippen molar-refractivity contribution in [2.24, 2.45) is 5.10 Å². The third kappa shape index (κ3) is 3.83. The molecule has 1 N–H and O–H groups in total. The fraction of sp³-hybridized carbons (Fsp3) is 0.0952. The molecule has 2 heterocycles. The molecule has 2 aromatic carbocycles. The summed E-state index contributed by atoms with van der Waals surface area (Å²) in [7, 11) is 0. The Hall–Kier alpha value is -3.18. The summed E-state index contributed by atoms with van der Waals surface area (Å²) < 4.78 is 6.06. The summed E-state index contributed by atoms with van der Waals surface area (Å²) in [6, 6.07) is 19.1. The summed E-state index contributed by atoms with van der Waals surface area (Å²) in [6.07, 6.45) is 0. The maximum Gasteiger partial charge on any atom is 0.243 e. The summed E-state index contributed by atoms with van der Waals surface area (Å²) in [6.45, 7) is 3.84. The average Bonchev–Trinajstić information content (AvgIpc) is 2.66. The molecule has 0 aliphatic heterocycles. The topological polar surface area (TPSA) is 63.3 Å². The monoisotopic (exact) mass is 376 g/mol. The summed E-state index contributed by atoms with van der Waals surface area (Å²) in [5, 5.41) is 6.64. The Labute approximate surface area is 161 Å². The van der Waals surface area contributed by atoms with Gasteiger partial charge < -0.3 is 4.42 Å². The Bertz CT molecular complexity index is 1170. The Morgan fingerprint density at radius 3 is 2.41 bits per heavy atom. The second-order valence-electron chi connectivity index (χ2n) is 6.20. The fourth-order valence-corrected chi connectivity index (χ4v) is 3.04. The lowest BCUT2D eigenvalue weighted by Crippen LogP contribution is -2.09. The smallest absolute Gasteiger partial charge is 0.243 e. The maximum absolute atomic E-state index is 6.18. The minimum absolute atomic E-state index is 0.449. The second kappa shape index (κ2) is 7.21. The highest BCUT2D eigenvalue weighted by atomic mass is 35.5. The van der Waals surface area contributed by atoms with Gasteiger partial charge in [0.25, 0.3) is 0 Å².